The molecule has 0 N–H and O–H groups in total. The molecule has 0 fully saturated rings. The summed E-state index contributed by atoms with van der Waals surface area (Å²) in [4.78, 5) is 0. The lowest BCUT2D eigenvalue weighted by Crippen LogP contribution is -2.29. The van der Waals surface area contributed by atoms with Gasteiger partial charge in [-0.3, -0.25) is 0 Å². The normalized spacial score (nSPS) is 11.9. The molecular formula is C20H28O2Si2. The van der Waals surface area contributed by atoms with Crippen LogP contribution >= 0.6 is 0 Å². The van der Waals surface area contributed by atoms with E-state index < -0.39 is 16.6 Å². The highest BCUT2D eigenvalue weighted by Crippen LogP contribution is 2.28. The van der Waals surface area contributed by atoms with Gasteiger partial charge in [0.2, 0.25) is 16.6 Å². The number of hydrogen-bond acceptors (Lipinski definition) is 2. The Kier molecular flexibility index (Phi) is 5.40. The molecule has 0 atom stereocenters. The van der Waals surface area contributed by atoms with E-state index in [0.717, 1.165) is 28.2 Å². The van der Waals surface area contributed by atoms with Gasteiger partial charge < -0.3 is 8.85 Å². The van der Waals surface area contributed by atoms with Crippen molar-refractivity contribution in [2.75, 3.05) is 0 Å². The quantitative estimate of drug-likeness (QED) is 0.576. The van der Waals surface area contributed by atoms with Gasteiger partial charge in [-0.1, -0.05) is 30.8 Å². The number of benzene rings is 2. The Morgan fingerprint density at radius 1 is 0.708 bits per heavy atom. The van der Waals surface area contributed by atoms with E-state index in [9.17, 15) is 0 Å². The van der Waals surface area contributed by atoms with Crippen LogP contribution in [0.5, 0.6) is 11.5 Å². The van der Waals surface area contributed by atoms with Crippen molar-refractivity contribution in [1.29, 1.82) is 0 Å². The van der Waals surface area contributed by atoms with E-state index in [1.54, 1.807) is 0 Å². The first-order chi connectivity index (χ1) is 11.0. The highest BCUT2D eigenvalue weighted by Gasteiger charge is 2.18. The summed E-state index contributed by atoms with van der Waals surface area (Å²) in [6.45, 7) is 17.4. The van der Waals surface area contributed by atoms with Gasteiger partial charge in [0, 0.05) is 0 Å². The minimum atomic E-state index is -1.62. The Bertz CT molecular complexity index is 663. The first-order valence-corrected chi connectivity index (χ1v) is 15.1. The van der Waals surface area contributed by atoms with Crippen LogP contribution in [0.2, 0.25) is 39.3 Å². The zero-order chi connectivity index (χ0) is 18.0. The molecule has 0 radical (unpaired) electrons. The first kappa shape index (κ1) is 18.6. The molecule has 0 unspecified atom stereocenters. The second-order valence-electron chi connectivity index (χ2n) is 7.96. The predicted octanol–water partition coefficient (Wildman–Crippen LogP) is 6.18. The Hall–Kier alpha value is -1.79. The molecule has 0 aliphatic heterocycles. The SMILES string of the molecule is C=C(c1cccc(O[Si](C)(C)C)c1)c1cccc(O[Si](C)(C)C)c1. The molecular weight excluding hydrogens is 328 g/mol. The summed E-state index contributed by atoms with van der Waals surface area (Å²) in [6.07, 6.45) is 0. The smallest absolute Gasteiger partial charge is 0.242 e. The standard InChI is InChI=1S/C20H28O2Si2/c1-16(17-10-8-12-19(14-17)21-23(2,3)4)18-11-9-13-20(15-18)22-24(5,6)7/h8-15H,1H2,2-7H3. The van der Waals surface area contributed by atoms with Gasteiger partial charge in [-0.2, -0.15) is 0 Å². The van der Waals surface area contributed by atoms with E-state index >= 15 is 0 Å². The first-order valence-electron chi connectivity index (χ1n) is 8.31. The van der Waals surface area contributed by atoms with Gasteiger partial charge in [0.25, 0.3) is 0 Å². The lowest BCUT2D eigenvalue weighted by atomic mass is 9.99. The van der Waals surface area contributed by atoms with Crippen molar-refractivity contribution in [2.24, 2.45) is 0 Å². The number of hydrogen-bond donors (Lipinski definition) is 0. The molecule has 0 spiro atoms. The molecule has 0 amide bonds. The van der Waals surface area contributed by atoms with Gasteiger partial charge in [-0.25, -0.2) is 0 Å². The van der Waals surface area contributed by atoms with Crippen molar-refractivity contribution in [1.82, 2.24) is 0 Å². The molecule has 2 rings (SSSR count). The predicted molar refractivity (Wildman–Crippen MR) is 109 cm³/mol. The van der Waals surface area contributed by atoms with Crippen LogP contribution in [0.4, 0.5) is 0 Å². The van der Waals surface area contributed by atoms with Gasteiger partial charge in [-0.15, -0.1) is 0 Å². The molecule has 2 nitrogen and oxygen atoms in total. The van der Waals surface area contributed by atoms with Gasteiger partial charge in [0.15, 0.2) is 0 Å². The minimum Gasteiger partial charge on any atom is -0.544 e. The molecule has 0 aliphatic rings. The van der Waals surface area contributed by atoms with Crippen LogP contribution in [-0.4, -0.2) is 16.6 Å². The van der Waals surface area contributed by atoms with Crippen molar-refractivity contribution < 1.29 is 8.85 Å². The van der Waals surface area contributed by atoms with E-state index in [1.165, 1.54) is 0 Å². The fraction of sp³-hybridized carbons (Fsp3) is 0.300. The Labute approximate surface area is 148 Å². The van der Waals surface area contributed by atoms with E-state index in [0.29, 0.717) is 0 Å². The topological polar surface area (TPSA) is 18.5 Å². The molecule has 0 bridgehead atoms. The van der Waals surface area contributed by atoms with E-state index in [1.807, 2.05) is 24.3 Å². The Morgan fingerprint density at radius 3 is 1.42 bits per heavy atom. The molecule has 2 aromatic rings. The minimum absolute atomic E-state index is 0.919. The summed E-state index contributed by atoms with van der Waals surface area (Å²) in [5.41, 5.74) is 3.14. The fourth-order valence-corrected chi connectivity index (χ4v) is 4.04. The van der Waals surface area contributed by atoms with Crippen molar-refractivity contribution in [3.8, 4) is 11.5 Å². The van der Waals surface area contributed by atoms with Crippen LogP contribution in [0.3, 0.4) is 0 Å². The molecule has 24 heavy (non-hydrogen) atoms. The zero-order valence-electron chi connectivity index (χ0n) is 15.6. The average Bonchev–Trinajstić information content (AvgIpc) is 2.43. The molecule has 4 heteroatoms. The third-order valence-electron chi connectivity index (χ3n) is 3.21. The van der Waals surface area contributed by atoms with Crippen molar-refractivity contribution >= 4 is 22.2 Å². The second kappa shape index (κ2) is 6.99. The maximum atomic E-state index is 6.10. The Balaban J connectivity index is 2.26. The Morgan fingerprint density at radius 2 is 1.08 bits per heavy atom. The van der Waals surface area contributed by atoms with Crippen molar-refractivity contribution in [3.63, 3.8) is 0 Å². The zero-order valence-corrected chi connectivity index (χ0v) is 17.6. The molecule has 0 saturated carbocycles. The highest BCUT2D eigenvalue weighted by molar-refractivity contribution is 6.70. The number of rotatable bonds is 6. The molecule has 0 aliphatic carbocycles. The monoisotopic (exact) mass is 356 g/mol. The largest absolute Gasteiger partial charge is 0.544 e. The second-order valence-corrected chi connectivity index (χ2v) is 16.8. The van der Waals surface area contributed by atoms with Crippen LogP contribution in [0.1, 0.15) is 11.1 Å². The summed E-state index contributed by atoms with van der Waals surface area (Å²) >= 11 is 0. The summed E-state index contributed by atoms with van der Waals surface area (Å²) in [5, 5.41) is 0. The lowest BCUT2D eigenvalue weighted by molar-refractivity contribution is 0.557. The van der Waals surface area contributed by atoms with Crippen molar-refractivity contribution in [3.05, 3.63) is 66.2 Å². The van der Waals surface area contributed by atoms with Crippen LogP contribution < -0.4 is 8.85 Å². The maximum absolute atomic E-state index is 6.10. The van der Waals surface area contributed by atoms with Crippen LogP contribution in [0, 0.1) is 0 Å². The fourth-order valence-electron chi connectivity index (χ4n) is 2.37. The van der Waals surface area contributed by atoms with Gasteiger partial charge in [0.1, 0.15) is 11.5 Å². The summed E-state index contributed by atoms with van der Waals surface area (Å²) < 4.78 is 12.2. The summed E-state index contributed by atoms with van der Waals surface area (Å²) in [5.74, 6) is 1.84. The van der Waals surface area contributed by atoms with Crippen LogP contribution in [-0.2, 0) is 0 Å². The molecule has 0 heterocycles. The molecule has 0 aromatic heterocycles. The third-order valence-corrected chi connectivity index (χ3v) is 4.91. The average molecular weight is 357 g/mol. The van der Waals surface area contributed by atoms with Gasteiger partial charge in [0.05, 0.1) is 0 Å². The summed E-state index contributed by atoms with van der Waals surface area (Å²) in [6, 6.07) is 16.4. The molecule has 2 aromatic carbocycles. The summed E-state index contributed by atoms with van der Waals surface area (Å²) in [7, 11) is -3.23. The lowest BCUT2D eigenvalue weighted by Gasteiger charge is -2.21. The van der Waals surface area contributed by atoms with E-state index in [4.69, 9.17) is 8.85 Å². The van der Waals surface area contributed by atoms with Crippen LogP contribution in [0.15, 0.2) is 55.1 Å². The maximum Gasteiger partial charge on any atom is 0.242 e. The third kappa shape index (κ3) is 5.69. The van der Waals surface area contributed by atoms with E-state index in [2.05, 4.69) is 70.1 Å². The van der Waals surface area contributed by atoms with Gasteiger partial charge in [-0.05, 0) is 80.2 Å². The highest BCUT2D eigenvalue weighted by atomic mass is 28.4. The molecule has 0 saturated heterocycles. The van der Waals surface area contributed by atoms with E-state index in [-0.39, 0.29) is 0 Å². The van der Waals surface area contributed by atoms with Crippen molar-refractivity contribution in [2.45, 2.75) is 39.3 Å². The van der Waals surface area contributed by atoms with Crippen LogP contribution in [0.25, 0.3) is 5.57 Å². The van der Waals surface area contributed by atoms with Gasteiger partial charge >= 0.3 is 0 Å². The molecule has 128 valence electrons.